The number of hydrazone groups is 1. The van der Waals surface area contributed by atoms with E-state index in [1.165, 1.54) is 0 Å². The summed E-state index contributed by atoms with van der Waals surface area (Å²) in [6, 6.07) is 5.59. The number of hydrogen-bond acceptors (Lipinski definition) is 5. The van der Waals surface area contributed by atoms with Gasteiger partial charge in [0.25, 0.3) is 0 Å². The molecule has 1 fully saturated rings. The lowest BCUT2D eigenvalue weighted by atomic mass is 10.2. The number of methoxy groups -OCH3 is 2. The summed E-state index contributed by atoms with van der Waals surface area (Å²) in [7, 11) is 3.19. The van der Waals surface area contributed by atoms with Gasteiger partial charge in [0, 0.05) is 18.7 Å². The highest BCUT2D eigenvalue weighted by Gasteiger charge is 2.15. The summed E-state index contributed by atoms with van der Waals surface area (Å²) in [5.41, 5.74) is 3.58. The van der Waals surface area contributed by atoms with Gasteiger partial charge in [0.2, 0.25) is 0 Å². The molecule has 22 heavy (non-hydrogen) atoms. The normalized spacial score (nSPS) is 17.5. The lowest BCUT2D eigenvalue weighted by molar-refractivity contribution is 0.114. The van der Waals surface area contributed by atoms with Gasteiger partial charge in [-0.3, -0.25) is 5.43 Å². The van der Waals surface area contributed by atoms with Crippen LogP contribution in [0.5, 0.6) is 11.5 Å². The highest BCUT2D eigenvalue weighted by atomic mass is 32.1. The molecule has 0 radical (unpaired) electrons. The predicted molar refractivity (Wildman–Crippen MR) is 89.9 cm³/mol. The highest BCUT2D eigenvalue weighted by molar-refractivity contribution is 7.80. The van der Waals surface area contributed by atoms with E-state index < -0.39 is 0 Å². The number of para-hydroxylation sites is 1. The van der Waals surface area contributed by atoms with Crippen LogP contribution < -0.4 is 20.2 Å². The molecule has 7 heteroatoms. The Hall–Kier alpha value is -1.86. The number of nitrogens with one attached hydrogen (secondary N) is 2. The second kappa shape index (κ2) is 8.55. The summed E-state index contributed by atoms with van der Waals surface area (Å²) in [6.07, 6.45) is 4.06. The first-order chi connectivity index (χ1) is 10.7. The minimum Gasteiger partial charge on any atom is -0.493 e. The zero-order valence-corrected chi connectivity index (χ0v) is 13.6. The number of thiocarbonyl (C=S) groups is 1. The topological polar surface area (TPSA) is 64.1 Å². The fourth-order valence-electron chi connectivity index (χ4n) is 2.23. The van der Waals surface area contributed by atoms with Gasteiger partial charge in [-0.1, -0.05) is 6.07 Å². The Morgan fingerprint density at radius 2 is 2.32 bits per heavy atom. The number of rotatable bonds is 6. The van der Waals surface area contributed by atoms with E-state index in [4.69, 9.17) is 26.4 Å². The molecule has 0 bridgehead atoms. The summed E-state index contributed by atoms with van der Waals surface area (Å²) in [6.45, 7) is 1.53. The van der Waals surface area contributed by atoms with Crippen LogP contribution in [0.25, 0.3) is 0 Å². The van der Waals surface area contributed by atoms with Crippen molar-refractivity contribution in [3.05, 3.63) is 23.8 Å². The molecule has 0 saturated carbocycles. The van der Waals surface area contributed by atoms with E-state index >= 15 is 0 Å². The lowest BCUT2D eigenvalue weighted by Gasteiger charge is -2.12. The first kappa shape index (κ1) is 16.5. The Bertz CT molecular complexity index is 531. The molecule has 1 aromatic rings. The Morgan fingerprint density at radius 3 is 3.00 bits per heavy atom. The van der Waals surface area contributed by atoms with Crippen molar-refractivity contribution >= 4 is 23.5 Å². The summed E-state index contributed by atoms with van der Waals surface area (Å²) in [5, 5.41) is 7.67. The van der Waals surface area contributed by atoms with E-state index in [1.54, 1.807) is 20.4 Å². The zero-order chi connectivity index (χ0) is 15.8. The van der Waals surface area contributed by atoms with E-state index in [0.717, 1.165) is 25.0 Å². The third-order valence-electron chi connectivity index (χ3n) is 3.32. The van der Waals surface area contributed by atoms with Gasteiger partial charge in [0.15, 0.2) is 16.6 Å². The number of ether oxygens (including phenoxy) is 3. The summed E-state index contributed by atoms with van der Waals surface area (Å²) in [4.78, 5) is 0. The van der Waals surface area contributed by atoms with Gasteiger partial charge >= 0.3 is 0 Å². The maximum absolute atomic E-state index is 5.51. The third-order valence-corrected chi connectivity index (χ3v) is 3.55. The van der Waals surface area contributed by atoms with Crippen molar-refractivity contribution < 1.29 is 14.2 Å². The summed E-state index contributed by atoms with van der Waals surface area (Å²) < 4.78 is 16.1. The molecule has 0 unspecified atom stereocenters. The molecule has 0 amide bonds. The fraction of sp³-hybridized carbons (Fsp3) is 0.467. The van der Waals surface area contributed by atoms with Crippen LogP contribution in [0.2, 0.25) is 0 Å². The van der Waals surface area contributed by atoms with Gasteiger partial charge in [-0.05, 0) is 37.2 Å². The van der Waals surface area contributed by atoms with E-state index in [9.17, 15) is 0 Å². The molecule has 6 nitrogen and oxygen atoms in total. The third kappa shape index (κ3) is 4.57. The van der Waals surface area contributed by atoms with Crippen molar-refractivity contribution in [3.63, 3.8) is 0 Å². The van der Waals surface area contributed by atoms with Gasteiger partial charge in [-0.15, -0.1) is 0 Å². The smallest absolute Gasteiger partial charge is 0.187 e. The van der Waals surface area contributed by atoms with E-state index in [2.05, 4.69) is 15.8 Å². The van der Waals surface area contributed by atoms with Crippen molar-refractivity contribution in [2.75, 3.05) is 27.4 Å². The number of benzene rings is 1. The summed E-state index contributed by atoms with van der Waals surface area (Å²) >= 11 is 5.17. The molecule has 2 rings (SSSR count). The Balaban J connectivity index is 1.85. The van der Waals surface area contributed by atoms with E-state index in [-0.39, 0.29) is 6.10 Å². The molecule has 120 valence electrons. The van der Waals surface area contributed by atoms with Crippen molar-refractivity contribution in [1.29, 1.82) is 0 Å². The predicted octanol–water partition coefficient (Wildman–Crippen LogP) is 1.68. The molecule has 0 spiro atoms. The van der Waals surface area contributed by atoms with Crippen LogP contribution in [0, 0.1) is 0 Å². The number of nitrogens with zero attached hydrogens (tertiary/aromatic N) is 1. The van der Waals surface area contributed by atoms with E-state index in [1.807, 2.05) is 18.2 Å². The molecule has 2 N–H and O–H groups in total. The Kier molecular flexibility index (Phi) is 6.42. The SMILES string of the molecule is COc1cccc(/C=N\NC(=S)NC[C@H]2CCCO2)c1OC. The van der Waals surface area contributed by atoms with E-state index in [0.29, 0.717) is 23.2 Å². The average molecular weight is 323 g/mol. The first-order valence-electron chi connectivity index (χ1n) is 7.14. The molecule has 0 aromatic heterocycles. The molecule has 1 aliphatic rings. The molecular formula is C15H21N3O3S. The van der Waals surface area contributed by atoms with Crippen LogP contribution in [0.4, 0.5) is 0 Å². The van der Waals surface area contributed by atoms with Gasteiger partial charge < -0.3 is 19.5 Å². The molecule has 1 saturated heterocycles. The monoisotopic (exact) mass is 323 g/mol. The van der Waals surface area contributed by atoms with Gasteiger partial charge in [0.05, 0.1) is 26.5 Å². The minimum atomic E-state index is 0.238. The molecule has 1 atom stereocenters. The maximum atomic E-state index is 5.51. The van der Waals surface area contributed by atoms with Crippen molar-refractivity contribution in [2.45, 2.75) is 18.9 Å². The van der Waals surface area contributed by atoms with Crippen LogP contribution in [0.15, 0.2) is 23.3 Å². The Labute approximate surface area is 135 Å². The van der Waals surface area contributed by atoms with Crippen molar-refractivity contribution in [2.24, 2.45) is 5.10 Å². The van der Waals surface area contributed by atoms with Gasteiger partial charge in [0.1, 0.15) is 0 Å². The zero-order valence-electron chi connectivity index (χ0n) is 12.8. The lowest BCUT2D eigenvalue weighted by Crippen LogP contribution is -2.37. The molecular weight excluding hydrogens is 302 g/mol. The average Bonchev–Trinajstić information content (AvgIpc) is 3.06. The van der Waals surface area contributed by atoms with Crippen LogP contribution in [0.3, 0.4) is 0 Å². The second-order valence-corrected chi connectivity index (χ2v) is 5.21. The first-order valence-corrected chi connectivity index (χ1v) is 7.55. The van der Waals surface area contributed by atoms with Crippen molar-refractivity contribution in [3.8, 4) is 11.5 Å². The second-order valence-electron chi connectivity index (χ2n) is 4.80. The highest BCUT2D eigenvalue weighted by Crippen LogP contribution is 2.29. The molecule has 0 aliphatic carbocycles. The minimum absolute atomic E-state index is 0.238. The quantitative estimate of drug-likeness (QED) is 0.472. The molecule has 1 aromatic carbocycles. The standard InChI is InChI=1S/C15H21N3O3S/c1-19-13-7-3-5-11(14(13)20-2)9-17-18-15(22)16-10-12-6-4-8-21-12/h3,5,7,9,12H,4,6,8,10H2,1-2H3,(H2,16,18,22)/b17-9-/t12-/m1/s1. The van der Waals surface area contributed by atoms with Crippen LogP contribution in [-0.4, -0.2) is 44.8 Å². The molecule has 1 aliphatic heterocycles. The van der Waals surface area contributed by atoms with Gasteiger partial charge in [-0.25, -0.2) is 0 Å². The van der Waals surface area contributed by atoms with Crippen molar-refractivity contribution in [1.82, 2.24) is 10.7 Å². The fourth-order valence-corrected chi connectivity index (χ4v) is 2.36. The Morgan fingerprint density at radius 1 is 1.45 bits per heavy atom. The van der Waals surface area contributed by atoms with Crippen LogP contribution >= 0.6 is 12.2 Å². The van der Waals surface area contributed by atoms with Gasteiger partial charge in [-0.2, -0.15) is 5.10 Å². The maximum Gasteiger partial charge on any atom is 0.187 e. The number of hydrogen-bond donors (Lipinski definition) is 2. The molecule has 1 heterocycles. The van der Waals surface area contributed by atoms with Crippen LogP contribution in [-0.2, 0) is 4.74 Å². The summed E-state index contributed by atoms with van der Waals surface area (Å²) in [5.74, 6) is 1.29. The largest absolute Gasteiger partial charge is 0.493 e. The van der Waals surface area contributed by atoms with Crippen LogP contribution in [0.1, 0.15) is 18.4 Å².